The van der Waals surface area contributed by atoms with Crippen molar-refractivity contribution in [3.63, 3.8) is 0 Å². The number of nitrogens with zero attached hydrogens (tertiary/aromatic N) is 5. The number of anilines is 3. The Morgan fingerprint density at radius 1 is 0.857 bits per heavy atom. The fraction of sp³-hybridized carbons (Fsp3) is 0.500. The maximum atomic E-state index is 12.1. The third-order valence-corrected chi connectivity index (χ3v) is 5.68. The Balaban J connectivity index is 0.000000196. The van der Waals surface area contributed by atoms with Gasteiger partial charge in [-0.05, 0) is 24.3 Å². The van der Waals surface area contributed by atoms with Crippen LogP contribution in [0.15, 0.2) is 36.7 Å². The van der Waals surface area contributed by atoms with Gasteiger partial charge in [0.15, 0.2) is 5.78 Å². The van der Waals surface area contributed by atoms with Crippen LogP contribution in [0.4, 0.5) is 17.2 Å². The molecular weight excluding hydrogens is 450 g/mol. The molecule has 2 saturated heterocycles. The van der Waals surface area contributed by atoms with E-state index in [9.17, 15) is 9.59 Å². The number of morpholine rings is 2. The third kappa shape index (κ3) is 9.21. The fourth-order valence-corrected chi connectivity index (χ4v) is 3.59. The molecule has 2 aromatic rings. The van der Waals surface area contributed by atoms with Gasteiger partial charge < -0.3 is 20.9 Å². The van der Waals surface area contributed by atoms with Crippen LogP contribution in [0.1, 0.15) is 5.69 Å². The first-order chi connectivity index (χ1) is 16.9. The maximum absolute atomic E-state index is 12.1. The summed E-state index contributed by atoms with van der Waals surface area (Å²) in [6.07, 6.45) is 3.50. The van der Waals surface area contributed by atoms with E-state index in [1.807, 2.05) is 0 Å². The van der Waals surface area contributed by atoms with Crippen molar-refractivity contribution in [3.05, 3.63) is 42.4 Å². The van der Waals surface area contributed by atoms with Crippen LogP contribution in [0.5, 0.6) is 0 Å². The van der Waals surface area contributed by atoms with Gasteiger partial charge in [-0.2, -0.15) is 0 Å². The van der Waals surface area contributed by atoms with Crippen molar-refractivity contribution in [3.8, 4) is 0 Å². The normalized spacial score (nSPS) is 16.7. The Hall–Kier alpha value is -3.12. The molecule has 11 heteroatoms. The van der Waals surface area contributed by atoms with Crippen LogP contribution in [0.3, 0.4) is 0 Å². The molecule has 2 aromatic heterocycles. The number of likely N-dealkylation sites (N-methyl/N-ethyl adjacent to an activating group) is 1. The number of ether oxygens (including phenoxy) is 2. The van der Waals surface area contributed by atoms with E-state index in [1.54, 1.807) is 48.6 Å². The summed E-state index contributed by atoms with van der Waals surface area (Å²) in [6, 6.07) is 7.05. The average Bonchev–Trinajstić information content (AvgIpc) is 2.87. The van der Waals surface area contributed by atoms with Gasteiger partial charge in [-0.3, -0.25) is 29.3 Å². The zero-order valence-corrected chi connectivity index (χ0v) is 20.3. The number of hydrogen-bond donors (Lipinski definition) is 2. The van der Waals surface area contributed by atoms with Gasteiger partial charge in [-0.25, -0.2) is 4.98 Å². The van der Waals surface area contributed by atoms with Crippen LogP contribution in [-0.2, 0) is 25.5 Å². The minimum absolute atomic E-state index is 0.0224. The van der Waals surface area contributed by atoms with Gasteiger partial charge >= 0.3 is 0 Å². The fourth-order valence-electron chi connectivity index (χ4n) is 3.59. The van der Waals surface area contributed by atoms with Gasteiger partial charge in [-0.1, -0.05) is 0 Å². The molecule has 2 aliphatic heterocycles. The lowest BCUT2D eigenvalue weighted by Crippen LogP contribution is -2.44. The van der Waals surface area contributed by atoms with Crippen molar-refractivity contribution in [2.24, 2.45) is 0 Å². The highest BCUT2D eigenvalue weighted by molar-refractivity contribution is 5.93. The number of nitrogen functional groups attached to an aromatic ring is 2. The molecule has 4 heterocycles. The second kappa shape index (κ2) is 13.7. The van der Waals surface area contributed by atoms with Crippen LogP contribution in [-0.4, -0.2) is 104 Å². The summed E-state index contributed by atoms with van der Waals surface area (Å²) in [5.41, 5.74) is 13.1. The third-order valence-electron chi connectivity index (χ3n) is 5.68. The predicted molar refractivity (Wildman–Crippen MR) is 134 cm³/mol. The Labute approximate surface area is 206 Å². The molecule has 0 spiro atoms. The number of Topliss-reactive ketones (excluding diaryl/α,β-unsaturated/α-hetero) is 1. The largest absolute Gasteiger partial charge is 0.397 e. The Morgan fingerprint density at radius 2 is 1.40 bits per heavy atom. The summed E-state index contributed by atoms with van der Waals surface area (Å²) in [5, 5.41) is 0. The molecule has 0 saturated carbocycles. The number of rotatable bonds is 7. The van der Waals surface area contributed by atoms with Crippen molar-refractivity contribution >= 4 is 28.9 Å². The van der Waals surface area contributed by atoms with Crippen molar-refractivity contribution in [2.45, 2.75) is 6.42 Å². The van der Waals surface area contributed by atoms with E-state index >= 15 is 0 Å². The highest BCUT2D eigenvalue weighted by Crippen LogP contribution is 2.11. The molecule has 0 aliphatic carbocycles. The molecular formula is C24H35N7O4. The van der Waals surface area contributed by atoms with Crippen molar-refractivity contribution in [1.82, 2.24) is 19.8 Å². The number of carbonyl (C=O) groups is 2. The Bertz CT molecular complexity index is 928. The van der Waals surface area contributed by atoms with E-state index in [0.717, 1.165) is 31.9 Å². The van der Waals surface area contributed by atoms with Crippen molar-refractivity contribution < 1.29 is 19.1 Å². The number of pyridine rings is 2. The lowest BCUT2D eigenvalue weighted by molar-refractivity contribution is -0.121. The van der Waals surface area contributed by atoms with Gasteiger partial charge in [-0.15, -0.1) is 0 Å². The summed E-state index contributed by atoms with van der Waals surface area (Å²) < 4.78 is 10.5. The number of amides is 1. The van der Waals surface area contributed by atoms with E-state index in [2.05, 4.69) is 19.8 Å². The van der Waals surface area contributed by atoms with E-state index in [4.69, 9.17) is 20.9 Å². The van der Waals surface area contributed by atoms with Gasteiger partial charge in [0.1, 0.15) is 5.82 Å². The maximum Gasteiger partial charge on any atom is 0.242 e. The predicted octanol–water partition coefficient (Wildman–Crippen LogP) is 0.0664. The van der Waals surface area contributed by atoms with E-state index in [1.165, 1.54) is 0 Å². The minimum atomic E-state index is 0.0224. The molecule has 2 fully saturated rings. The number of hydrogen-bond acceptors (Lipinski definition) is 10. The molecule has 190 valence electrons. The topological polar surface area (TPSA) is 140 Å². The van der Waals surface area contributed by atoms with Crippen molar-refractivity contribution in [2.75, 3.05) is 89.1 Å². The highest BCUT2D eigenvalue weighted by atomic mass is 16.5. The second-order valence-corrected chi connectivity index (χ2v) is 8.48. The second-order valence-electron chi connectivity index (χ2n) is 8.48. The number of carbonyl (C=O) groups excluding carboxylic acids is 2. The summed E-state index contributed by atoms with van der Waals surface area (Å²) in [4.78, 5) is 37.9. The Morgan fingerprint density at radius 3 is 1.91 bits per heavy atom. The van der Waals surface area contributed by atoms with Crippen LogP contribution in [0.2, 0.25) is 0 Å². The lowest BCUT2D eigenvalue weighted by Gasteiger charge is -2.27. The van der Waals surface area contributed by atoms with Crippen LogP contribution >= 0.6 is 0 Å². The van der Waals surface area contributed by atoms with Gasteiger partial charge in [0.05, 0.1) is 69.7 Å². The van der Waals surface area contributed by atoms with Crippen LogP contribution in [0.25, 0.3) is 0 Å². The average molecular weight is 486 g/mol. The van der Waals surface area contributed by atoms with Crippen molar-refractivity contribution in [1.29, 1.82) is 0 Å². The smallest absolute Gasteiger partial charge is 0.242 e. The zero-order chi connectivity index (χ0) is 25.0. The molecule has 0 bridgehead atoms. The molecule has 4 rings (SSSR count). The molecule has 0 atom stereocenters. The van der Waals surface area contributed by atoms with E-state index < -0.39 is 0 Å². The van der Waals surface area contributed by atoms with E-state index in [-0.39, 0.29) is 11.7 Å². The molecule has 4 N–H and O–H groups in total. The summed E-state index contributed by atoms with van der Waals surface area (Å²) in [5.74, 6) is 0.820. The van der Waals surface area contributed by atoms with Crippen LogP contribution in [0, 0.1) is 0 Å². The molecule has 0 aromatic carbocycles. The van der Waals surface area contributed by atoms with Gasteiger partial charge in [0, 0.05) is 38.9 Å². The SMILES string of the molecule is CN(C(=O)CN1CCOCC1)c1ccc(N)cn1.Nc1ccc(CC(=O)CN2CCOCC2)nc1. The quantitative estimate of drug-likeness (QED) is 0.553. The number of aromatic nitrogens is 2. The minimum Gasteiger partial charge on any atom is -0.397 e. The molecule has 2 aliphatic rings. The lowest BCUT2D eigenvalue weighted by atomic mass is 10.2. The van der Waals surface area contributed by atoms with Gasteiger partial charge in [0.2, 0.25) is 5.91 Å². The standard InChI is InChI=1S/C12H18N4O2.C12H17N3O2/c1-15(11-3-2-10(13)8-14-11)12(17)9-16-4-6-18-7-5-16;13-10-1-2-11(14-8-10)7-12(16)9-15-3-5-17-6-4-15/h2-3,8H,4-7,9,13H2,1H3;1-2,8H,3-7,9,13H2. The monoisotopic (exact) mass is 485 g/mol. The first-order valence-electron chi connectivity index (χ1n) is 11.7. The molecule has 0 unspecified atom stereocenters. The summed E-state index contributed by atoms with van der Waals surface area (Å²) in [6.45, 7) is 6.96. The first-order valence-corrected chi connectivity index (χ1v) is 11.7. The van der Waals surface area contributed by atoms with E-state index in [0.29, 0.717) is 63.1 Å². The zero-order valence-electron chi connectivity index (χ0n) is 20.3. The molecule has 0 radical (unpaired) electrons. The number of nitrogens with two attached hydrogens (primary N) is 2. The number of ketones is 1. The summed E-state index contributed by atoms with van der Waals surface area (Å²) >= 11 is 0. The molecule has 35 heavy (non-hydrogen) atoms. The highest BCUT2D eigenvalue weighted by Gasteiger charge is 2.18. The van der Waals surface area contributed by atoms with Gasteiger partial charge in [0.25, 0.3) is 0 Å². The molecule has 1 amide bonds. The first kappa shape index (κ1) is 26.5. The Kier molecular flexibility index (Phi) is 10.4. The summed E-state index contributed by atoms with van der Waals surface area (Å²) in [7, 11) is 1.72. The van der Waals surface area contributed by atoms with Crippen LogP contribution < -0.4 is 16.4 Å². The molecule has 11 nitrogen and oxygen atoms in total.